The quantitative estimate of drug-likeness (QED) is 0.562. The number of hydrogen-bond acceptors (Lipinski definition) is 1. The average Bonchev–Trinajstić information content (AvgIpc) is 2.35. The van der Waals surface area contributed by atoms with Crippen LogP contribution in [0.2, 0.25) is 16.6 Å². The van der Waals surface area contributed by atoms with Crippen LogP contribution in [0.15, 0.2) is 18.2 Å². The van der Waals surface area contributed by atoms with E-state index in [0.29, 0.717) is 11.8 Å². The molecule has 0 aromatic heterocycles. The molecule has 2 heteroatoms. The van der Waals surface area contributed by atoms with Crippen molar-refractivity contribution in [3.63, 3.8) is 0 Å². The molecule has 0 saturated heterocycles. The maximum absolute atomic E-state index is 4.17. The van der Waals surface area contributed by atoms with Crippen LogP contribution in [0.1, 0.15) is 92.2 Å². The molecular weight excluding hydrogens is 294 g/mol. The van der Waals surface area contributed by atoms with Gasteiger partial charge in [-0.3, -0.25) is 0 Å². The van der Waals surface area contributed by atoms with E-state index in [0.717, 1.165) is 0 Å². The maximum atomic E-state index is 4.17. The molecule has 0 unspecified atom stereocenters. The molecule has 0 radical (unpaired) electrons. The Morgan fingerprint density at radius 1 is 0.783 bits per heavy atom. The van der Waals surface area contributed by atoms with Crippen molar-refractivity contribution in [3.05, 3.63) is 29.3 Å². The second-order valence-corrected chi connectivity index (χ2v) is 15.4. The van der Waals surface area contributed by atoms with E-state index in [1.807, 2.05) is 0 Å². The van der Waals surface area contributed by atoms with Gasteiger partial charge in [-0.05, 0) is 33.0 Å². The highest BCUT2D eigenvalue weighted by Crippen LogP contribution is 2.52. The van der Waals surface area contributed by atoms with Gasteiger partial charge in [-0.15, -0.1) is 0 Å². The van der Waals surface area contributed by atoms with Crippen LogP contribution in [0.4, 0.5) is 5.69 Å². The minimum Gasteiger partial charge on any atom is -0.409 e. The van der Waals surface area contributed by atoms with Gasteiger partial charge in [0.1, 0.15) is 0 Å². The zero-order valence-corrected chi connectivity index (χ0v) is 18.4. The van der Waals surface area contributed by atoms with Gasteiger partial charge < -0.3 is 4.98 Å². The van der Waals surface area contributed by atoms with Crippen LogP contribution < -0.4 is 4.98 Å². The van der Waals surface area contributed by atoms with E-state index in [1.165, 1.54) is 16.8 Å². The summed E-state index contributed by atoms with van der Waals surface area (Å²) in [7, 11) is -1.80. The number of nitrogens with one attached hydrogen (secondary N) is 1. The highest BCUT2D eigenvalue weighted by Gasteiger charge is 2.50. The molecule has 1 N–H and O–H groups in total. The van der Waals surface area contributed by atoms with E-state index in [-0.39, 0.29) is 10.1 Å². The molecule has 1 aromatic carbocycles. The van der Waals surface area contributed by atoms with Crippen LogP contribution in [-0.4, -0.2) is 8.24 Å². The summed E-state index contributed by atoms with van der Waals surface area (Å²) in [5, 5.41) is 0.563. The molecule has 1 rings (SSSR count). The molecule has 1 nitrogen and oxygen atoms in total. The van der Waals surface area contributed by atoms with Crippen molar-refractivity contribution < 1.29 is 0 Å². The SMILES string of the molecule is CC(C)c1cccc(C(C)C)c1N[Si](C)(C(C)(C)C)C(C)(C)C. The Labute approximate surface area is 146 Å². The van der Waals surface area contributed by atoms with Crippen LogP contribution in [0.5, 0.6) is 0 Å². The first-order valence-electron chi connectivity index (χ1n) is 9.13. The van der Waals surface area contributed by atoms with Gasteiger partial charge in [-0.2, -0.15) is 0 Å². The predicted molar refractivity (Wildman–Crippen MR) is 109 cm³/mol. The number of benzene rings is 1. The van der Waals surface area contributed by atoms with Gasteiger partial charge in [-0.1, -0.05) is 94.0 Å². The number of para-hydroxylation sites is 1. The summed E-state index contributed by atoms with van der Waals surface area (Å²) in [5.74, 6) is 1.07. The normalized spacial score (nSPS) is 13.8. The van der Waals surface area contributed by atoms with Crippen molar-refractivity contribution in [3.8, 4) is 0 Å². The topological polar surface area (TPSA) is 12.0 Å². The lowest BCUT2D eigenvalue weighted by Crippen LogP contribution is -2.56. The molecule has 0 atom stereocenters. The van der Waals surface area contributed by atoms with Crippen molar-refractivity contribution >= 4 is 13.9 Å². The third-order valence-corrected chi connectivity index (χ3v) is 12.5. The van der Waals surface area contributed by atoms with E-state index in [1.54, 1.807) is 0 Å². The number of rotatable bonds is 4. The third kappa shape index (κ3) is 4.02. The van der Waals surface area contributed by atoms with E-state index >= 15 is 0 Å². The Balaban J connectivity index is 3.57. The van der Waals surface area contributed by atoms with Crippen molar-refractivity contribution in [2.45, 2.75) is 97.7 Å². The first-order chi connectivity index (χ1) is 10.2. The highest BCUT2D eigenvalue weighted by atomic mass is 28.3. The van der Waals surface area contributed by atoms with E-state index in [4.69, 9.17) is 0 Å². The second kappa shape index (κ2) is 6.62. The highest BCUT2D eigenvalue weighted by molar-refractivity contribution is 6.86. The molecule has 0 aliphatic carbocycles. The summed E-state index contributed by atoms with van der Waals surface area (Å²) in [6, 6.07) is 6.83. The van der Waals surface area contributed by atoms with Gasteiger partial charge >= 0.3 is 0 Å². The monoisotopic (exact) mass is 333 g/mol. The molecule has 1 aromatic rings. The maximum Gasteiger partial charge on any atom is 0.161 e. The fourth-order valence-electron chi connectivity index (χ4n) is 3.45. The van der Waals surface area contributed by atoms with E-state index in [9.17, 15) is 0 Å². The molecule has 23 heavy (non-hydrogen) atoms. The Hall–Kier alpha value is -0.763. The van der Waals surface area contributed by atoms with Crippen LogP contribution in [0, 0.1) is 0 Å². The van der Waals surface area contributed by atoms with Gasteiger partial charge in [-0.25, -0.2) is 0 Å². The standard InChI is InChI=1S/C21H39NSi/c1-15(2)17-13-12-14-18(16(3)4)19(17)22-23(11,20(5,6)7)21(8,9)10/h12-16,22H,1-11H3. The first-order valence-corrected chi connectivity index (χ1v) is 11.6. The minimum atomic E-state index is -1.80. The lowest BCUT2D eigenvalue weighted by molar-refractivity contribution is 0.620. The van der Waals surface area contributed by atoms with Gasteiger partial charge in [0, 0.05) is 5.69 Å². The predicted octanol–water partition coefficient (Wildman–Crippen LogP) is 7.52. The zero-order chi connectivity index (χ0) is 18.2. The number of hydrogen-bond donors (Lipinski definition) is 1. The fourth-order valence-corrected chi connectivity index (χ4v) is 7.23. The smallest absolute Gasteiger partial charge is 0.161 e. The van der Waals surface area contributed by atoms with Crippen LogP contribution in [-0.2, 0) is 0 Å². The van der Waals surface area contributed by atoms with E-state index < -0.39 is 8.24 Å². The van der Waals surface area contributed by atoms with E-state index in [2.05, 4.69) is 99.0 Å². The Kier molecular flexibility index (Phi) is 5.84. The lowest BCUT2D eigenvalue weighted by Gasteiger charge is -2.50. The largest absolute Gasteiger partial charge is 0.409 e. The molecule has 0 fully saturated rings. The van der Waals surface area contributed by atoms with Gasteiger partial charge in [0.2, 0.25) is 0 Å². The summed E-state index contributed by atoms with van der Waals surface area (Å²) >= 11 is 0. The molecule has 0 amide bonds. The molecule has 0 aliphatic rings. The number of anilines is 1. The molecule has 0 spiro atoms. The molecule has 0 saturated carbocycles. The van der Waals surface area contributed by atoms with Crippen molar-refractivity contribution in [1.82, 2.24) is 0 Å². The second-order valence-electron chi connectivity index (χ2n) is 9.87. The summed E-state index contributed by atoms with van der Waals surface area (Å²) in [5.41, 5.74) is 4.34. The molecular formula is C21H39NSi. The van der Waals surface area contributed by atoms with Crippen molar-refractivity contribution in [2.75, 3.05) is 4.98 Å². The third-order valence-electron chi connectivity index (χ3n) is 5.75. The first kappa shape index (κ1) is 20.3. The van der Waals surface area contributed by atoms with Gasteiger partial charge in [0.05, 0.1) is 0 Å². The molecule has 0 heterocycles. The molecule has 0 aliphatic heterocycles. The average molecular weight is 334 g/mol. The Bertz CT molecular complexity index is 490. The Morgan fingerprint density at radius 3 is 1.39 bits per heavy atom. The van der Waals surface area contributed by atoms with Crippen LogP contribution in [0.3, 0.4) is 0 Å². The molecule has 0 bridgehead atoms. The summed E-state index contributed by atoms with van der Waals surface area (Å²) < 4.78 is 0. The van der Waals surface area contributed by atoms with Crippen molar-refractivity contribution in [2.24, 2.45) is 0 Å². The summed E-state index contributed by atoms with van der Waals surface area (Å²) in [6.45, 7) is 26.2. The van der Waals surface area contributed by atoms with Gasteiger partial charge in [0.15, 0.2) is 8.24 Å². The Morgan fingerprint density at radius 2 is 1.13 bits per heavy atom. The van der Waals surface area contributed by atoms with Crippen molar-refractivity contribution in [1.29, 1.82) is 0 Å². The fraction of sp³-hybridized carbons (Fsp3) is 0.714. The summed E-state index contributed by atoms with van der Waals surface area (Å²) in [6.07, 6.45) is 0. The van der Waals surface area contributed by atoms with Crippen LogP contribution in [0.25, 0.3) is 0 Å². The lowest BCUT2D eigenvalue weighted by atomic mass is 9.93. The van der Waals surface area contributed by atoms with Crippen LogP contribution >= 0.6 is 0 Å². The molecule has 132 valence electrons. The zero-order valence-electron chi connectivity index (χ0n) is 17.4. The summed E-state index contributed by atoms with van der Waals surface area (Å²) in [4.78, 5) is 4.17. The minimum absolute atomic E-state index is 0.281. The van der Waals surface area contributed by atoms with Gasteiger partial charge in [0.25, 0.3) is 0 Å².